The van der Waals surface area contributed by atoms with E-state index in [1.165, 1.54) is 4.90 Å². The van der Waals surface area contributed by atoms with Crippen LogP contribution in [0.3, 0.4) is 0 Å². The molecule has 0 atom stereocenters. The van der Waals surface area contributed by atoms with E-state index >= 15 is 0 Å². The van der Waals surface area contributed by atoms with Gasteiger partial charge in [-0.15, -0.1) is 0 Å². The second-order valence-electron chi connectivity index (χ2n) is 6.54. The lowest BCUT2D eigenvalue weighted by molar-refractivity contribution is -0.137. The zero-order chi connectivity index (χ0) is 21.2. The van der Waals surface area contributed by atoms with Crippen molar-refractivity contribution in [3.8, 4) is 0 Å². The van der Waals surface area contributed by atoms with Crippen LogP contribution < -0.4 is 15.4 Å². The molecule has 0 aliphatic carbocycles. The molecule has 1 aromatic carbocycles. The summed E-state index contributed by atoms with van der Waals surface area (Å²) in [5, 5.41) is 7.99. The number of hydrogen-bond donors (Lipinski definition) is 2. The van der Waals surface area contributed by atoms with Gasteiger partial charge in [-0.05, 0) is 36.2 Å². The van der Waals surface area contributed by atoms with Crippen molar-refractivity contribution in [1.82, 2.24) is 4.98 Å². The van der Waals surface area contributed by atoms with Gasteiger partial charge >= 0.3 is 6.18 Å². The first kappa shape index (κ1) is 21.3. The van der Waals surface area contributed by atoms with Gasteiger partial charge in [0.2, 0.25) is 0 Å². The predicted molar refractivity (Wildman–Crippen MR) is 100 cm³/mol. The zero-order valence-corrected chi connectivity index (χ0v) is 15.8. The molecular weight excluding hydrogens is 415 g/mol. The average Bonchev–Trinajstić information content (AvgIpc) is 2.67. The van der Waals surface area contributed by atoms with Gasteiger partial charge in [0.25, 0.3) is 11.8 Å². The SMILES string of the molecule is NSc1cccc(NC(=O)c2cc(C(F)(F)F)cnc2N2CCC(F)(F)CC2)c1. The van der Waals surface area contributed by atoms with E-state index in [2.05, 4.69) is 10.3 Å². The molecule has 2 aromatic rings. The van der Waals surface area contributed by atoms with Crippen molar-refractivity contribution in [3.05, 3.63) is 47.7 Å². The third kappa shape index (κ3) is 5.15. The molecule has 29 heavy (non-hydrogen) atoms. The third-order valence-corrected chi connectivity index (χ3v) is 4.99. The average molecular weight is 432 g/mol. The number of piperidine rings is 1. The number of halogens is 5. The van der Waals surface area contributed by atoms with Gasteiger partial charge in [0.05, 0.1) is 11.1 Å². The minimum absolute atomic E-state index is 0.0599. The Balaban J connectivity index is 1.94. The number of nitrogens with zero attached hydrogens (tertiary/aromatic N) is 2. The first-order valence-electron chi connectivity index (χ1n) is 8.57. The lowest BCUT2D eigenvalue weighted by Crippen LogP contribution is -2.40. The number of alkyl halides is 5. The molecule has 1 aliphatic rings. The summed E-state index contributed by atoms with van der Waals surface area (Å²) in [6.07, 6.45) is -5.03. The molecule has 2 heterocycles. The largest absolute Gasteiger partial charge is 0.417 e. The quantitative estimate of drug-likeness (QED) is 0.548. The fourth-order valence-electron chi connectivity index (χ4n) is 2.92. The second kappa shape index (κ2) is 8.15. The molecule has 0 unspecified atom stereocenters. The number of anilines is 2. The standard InChI is InChI=1S/C18H17F5N4OS/c19-17(20)4-6-27(7-5-17)15-14(8-11(10-25-15)18(21,22)23)16(28)26-12-2-1-3-13(9-12)29-24/h1-3,8-10H,4-7,24H2,(H,26,28). The van der Waals surface area contributed by atoms with Gasteiger partial charge in [0.1, 0.15) is 5.82 Å². The molecule has 0 spiro atoms. The fourth-order valence-corrected chi connectivity index (χ4v) is 3.28. The third-order valence-electron chi connectivity index (χ3n) is 4.46. The lowest BCUT2D eigenvalue weighted by Gasteiger charge is -2.33. The van der Waals surface area contributed by atoms with E-state index < -0.39 is 36.4 Å². The number of carbonyl (C=O) groups excluding carboxylic acids is 1. The van der Waals surface area contributed by atoms with E-state index in [1.54, 1.807) is 24.3 Å². The summed E-state index contributed by atoms with van der Waals surface area (Å²) in [6, 6.07) is 7.13. The summed E-state index contributed by atoms with van der Waals surface area (Å²) < 4.78 is 66.3. The van der Waals surface area contributed by atoms with E-state index in [0.717, 1.165) is 11.9 Å². The highest BCUT2D eigenvalue weighted by Gasteiger charge is 2.37. The number of pyridine rings is 1. The lowest BCUT2D eigenvalue weighted by atomic mass is 10.1. The van der Waals surface area contributed by atoms with Crippen LogP contribution in [0, 0.1) is 0 Å². The van der Waals surface area contributed by atoms with Gasteiger partial charge in [-0.3, -0.25) is 9.93 Å². The van der Waals surface area contributed by atoms with Gasteiger partial charge < -0.3 is 10.2 Å². The maximum absolute atomic E-state index is 13.4. The molecule has 1 amide bonds. The summed E-state index contributed by atoms with van der Waals surface area (Å²) in [4.78, 5) is 18.6. The molecule has 1 aliphatic heterocycles. The fraction of sp³-hybridized carbons (Fsp3) is 0.333. The number of rotatable bonds is 4. The maximum Gasteiger partial charge on any atom is 0.417 e. The van der Waals surface area contributed by atoms with Crippen molar-refractivity contribution in [2.45, 2.75) is 29.8 Å². The summed E-state index contributed by atoms with van der Waals surface area (Å²) in [6.45, 7) is -0.240. The molecule has 3 rings (SSSR count). The van der Waals surface area contributed by atoms with Crippen LogP contribution in [0.25, 0.3) is 0 Å². The Bertz CT molecular complexity index is 896. The number of aromatic nitrogens is 1. The Morgan fingerprint density at radius 2 is 1.90 bits per heavy atom. The number of nitrogens with one attached hydrogen (secondary N) is 1. The highest BCUT2D eigenvalue weighted by molar-refractivity contribution is 7.97. The normalized spacial score (nSPS) is 16.6. The topological polar surface area (TPSA) is 71.2 Å². The van der Waals surface area contributed by atoms with Gasteiger partial charge in [0, 0.05) is 42.7 Å². The Morgan fingerprint density at radius 1 is 1.21 bits per heavy atom. The molecule has 0 saturated carbocycles. The van der Waals surface area contributed by atoms with Crippen LogP contribution in [-0.4, -0.2) is 29.9 Å². The molecule has 1 aromatic heterocycles. The maximum atomic E-state index is 13.4. The van der Waals surface area contributed by atoms with Crippen molar-refractivity contribution >= 4 is 29.4 Å². The van der Waals surface area contributed by atoms with Crippen LogP contribution in [-0.2, 0) is 6.18 Å². The summed E-state index contributed by atoms with van der Waals surface area (Å²) in [5.41, 5.74) is -1.10. The molecule has 156 valence electrons. The molecule has 0 bridgehead atoms. The summed E-state index contributed by atoms with van der Waals surface area (Å²) in [5.74, 6) is -3.73. The van der Waals surface area contributed by atoms with Gasteiger partial charge in [-0.25, -0.2) is 13.8 Å². The molecule has 5 nitrogen and oxygen atoms in total. The second-order valence-corrected chi connectivity index (χ2v) is 7.24. The highest BCUT2D eigenvalue weighted by Crippen LogP contribution is 2.35. The van der Waals surface area contributed by atoms with Crippen molar-refractivity contribution in [2.24, 2.45) is 5.14 Å². The number of carbonyl (C=O) groups is 1. The van der Waals surface area contributed by atoms with Gasteiger partial charge in [-0.1, -0.05) is 6.07 Å². The zero-order valence-electron chi connectivity index (χ0n) is 15.0. The van der Waals surface area contributed by atoms with Crippen molar-refractivity contribution in [2.75, 3.05) is 23.3 Å². The minimum atomic E-state index is -4.70. The van der Waals surface area contributed by atoms with Gasteiger partial charge in [-0.2, -0.15) is 13.2 Å². The monoisotopic (exact) mass is 432 g/mol. The Labute approximate surface area is 167 Å². The number of nitrogens with two attached hydrogens (primary N) is 1. The number of hydrogen-bond acceptors (Lipinski definition) is 5. The Kier molecular flexibility index (Phi) is 5.99. The smallest absolute Gasteiger partial charge is 0.356 e. The Morgan fingerprint density at radius 3 is 2.52 bits per heavy atom. The van der Waals surface area contributed by atoms with Crippen LogP contribution in [0.4, 0.5) is 33.5 Å². The van der Waals surface area contributed by atoms with E-state index in [-0.39, 0.29) is 24.5 Å². The van der Waals surface area contributed by atoms with Crippen LogP contribution in [0.5, 0.6) is 0 Å². The molecular formula is C18H17F5N4OS. The van der Waals surface area contributed by atoms with E-state index in [1.807, 2.05) is 0 Å². The van der Waals surface area contributed by atoms with Crippen molar-refractivity contribution in [3.63, 3.8) is 0 Å². The van der Waals surface area contributed by atoms with Crippen molar-refractivity contribution in [1.29, 1.82) is 0 Å². The molecule has 11 heteroatoms. The van der Waals surface area contributed by atoms with Crippen LogP contribution in [0.2, 0.25) is 0 Å². The van der Waals surface area contributed by atoms with Gasteiger partial charge in [0.15, 0.2) is 0 Å². The summed E-state index contributed by atoms with van der Waals surface area (Å²) >= 11 is 0.946. The highest BCUT2D eigenvalue weighted by atomic mass is 32.2. The van der Waals surface area contributed by atoms with E-state index in [9.17, 15) is 26.7 Å². The van der Waals surface area contributed by atoms with Crippen molar-refractivity contribution < 1.29 is 26.7 Å². The van der Waals surface area contributed by atoms with E-state index in [4.69, 9.17) is 5.14 Å². The van der Waals surface area contributed by atoms with Crippen LogP contribution in [0.1, 0.15) is 28.8 Å². The Hall–Kier alpha value is -2.40. The first-order valence-corrected chi connectivity index (χ1v) is 9.45. The molecule has 1 fully saturated rings. The molecule has 3 N–H and O–H groups in total. The number of amides is 1. The molecule has 1 saturated heterocycles. The first-order chi connectivity index (χ1) is 13.6. The minimum Gasteiger partial charge on any atom is -0.356 e. The predicted octanol–water partition coefficient (Wildman–Crippen LogP) is 4.55. The van der Waals surface area contributed by atoms with E-state index in [0.29, 0.717) is 22.8 Å². The van der Waals surface area contributed by atoms with Crippen LogP contribution in [0.15, 0.2) is 41.4 Å². The summed E-state index contributed by atoms with van der Waals surface area (Å²) in [7, 11) is 0. The number of benzene rings is 1. The molecule has 0 radical (unpaired) electrons. The van der Waals surface area contributed by atoms with Crippen LogP contribution >= 0.6 is 11.9 Å².